The topological polar surface area (TPSA) is 49.4 Å². The molecule has 0 atom stereocenters. The van der Waals surface area contributed by atoms with Crippen molar-refractivity contribution in [3.8, 4) is 0 Å². The summed E-state index contributed by atoms with van der Waals surface area (Å²) in [5.41, 5.74) is 2.67. The Morgan fingerprint density at radius 3 is 2.42 bits per heavy atom. The van der Waals surface area contributed by atoms with Gasteiger partial charge in [0.05, 0.1) is 6.42 Å². The van der Waals surface area contributed by atoms with E-state index in [1.807, 2.05) is 36.4 Å². The highest BCUT2D eigenvalue weighted by Crippen LogP contribution is 2.14. The number of aryl methyl sites for hydroxylation is 1. The summed E-state index contributed by atoms with van der Waals surface area (Å²) >= 11 is 5.84. The van der Waals surface area contributed by atoms with E-state index in [9.17, 15) is 9.59 Å². The lowest BCUT2D eigenvalue weighted by molar-refractivity contribution is -0.128. The largest absolute Gasteiger partial charge is 0.349 e. The van der Waals surface area contributed by atoms with E-state index in [4.69, 9.17) is 11.6 Å². The predicted octanol–water partition coefficient (Wildman–Crippen LogP) is 3.54. The molecule has 0 aliphatic heterocycles. The summed E-state index contributed by atoms with van der Waals surface area (Å²) < 4.78 is 0. The average molecular weight is 345 g/mol. The van der Waals surface area contributed by atoms with Gasteiger partial charge in [-0.25, -0.2) is 0 Å². The molecule has 0 bridgehead atoms. The molecule has 0 saturated carbocycles. The monoisotopic (exact) mass is 344 g/mol. The van der Waals surface area contributed by atoms with Crippen LogP contribution >= 0.6 is 11.6 Å². The molecule has 0 spiro atoms. The Kier molecular flexibility index (Phi) is 6.38. The fraction of sp³-hybridized carbons (Fsp3) is 0.263. The van der Waals surface area contributed by atoms with Gasteiger partial charge in [-0.1, -0.05) is 35.9 Å². The van der Waals surface area contributed by atoms with E-state index < -0.39 is 0 Å². The molecule has 0 aromatic heterocycles. The van der Waals surface area contributed by atoms with Gasteiger partial charge in [-0.3, -0.25) is 9.59 Å². The van der Waals surface area contributed by atoms with E-state index >= 15 is 0 Å². The van der Waals surface area contributed by atoms with Crippen LogP contribution in [-0.4, -0.2) is 30.8 Å². The van der Waals surface area contributed by atoms with E-state index in [2.05, 4.69) is 5.32 Å². The number of halogens is 1. The Bertz CT molecular complexity index is 712. The van der Waals surface area contributed by atoms with Gasteiger partial charge < -0.3 is 10.2 Å². The van der Waals surface area contributed by atoms with Crippen LogP contribution in [0.15, 0.2) is 48.5 Å². The lowest BCUT2D eigenvalue weighted by Crippen LogP contribution is -2.21. The number of carbonyl (C=O) groups is 2. The number of nitrogens with one attached hydrogen (secondary N) is 1. The molecule has 0 aliphatic rings. The standard InChI is InChI=1S/C19H21ClN2O2/c1-22(2)19(24)11-8-14-4-3-5-17(12-14)21-18(23)13-15-6-9-16(20)10-7-15/h3-7,9-10,12H,8,11,13H2,1-2H3,(H,21,23). The third kappa shape index (κ3) is 5.70. The number of rotatable bonds is 6. The number of amides is 2. The van der Waals surface area contributed by atoms with Gasteiger partial charge >= 0.3 is 0 Å². The summed E-state index contributed by atoms with van der Waals surface area (Å²) in [4.78, 5) is 25.4. The van der Waals surface area contributed by atoms with Crippen molar-refractivity contribution < 1.29 is 9.59 Å². The molecule has 2 aromatic rings. The van der Waals surface area contributed by atoms with Gasteiger partial charge in [0.1, 0.15) is 0 Å². The van der Waals surface area contributed by atoms with Crippen LogP contribution < -0.4 is 5.32 Å². The molecule has 0 heterocycles. The van der Waals surface area contributed by atoms with Crippen LogP contribution in [0.5, 0.6) is 0 Å². The molecule has 0 radical (unpaired) electrons. The molecule has 4 nitrogen and oxygen atoms in total. The highest BCUT2D eigenvalue weighted by atomic mass is 35.5. The Balaban J connectivity index is 1.92. The molecule has 1 N–H and O–H groups in total. The van der Waals surface area contributed by atoms with Crippen LogP contribution in [-0.2, 0) is 22.4 Å². The quantitative estimate of drug-likeness (QED) is 0.871. The van der Waals surface area contributed by atoms with Crippen molar-refractivity contribution in [1.29, 1.82) is 0 Å². The normalized spacial score (nSPS) is 10.3. The molecule has 24 heavy (non-hydrogen) atoms. The van der Waals surface area contributed by atoms with Crippen molar-refractivity contribution >= 4 is 29.1 Å². The summed E-state index contributed by atoms with van der Waals surface area (Å²) in [6.45, 7) is 0. The van der Waals surface area contributed by atoms with Gasteiger partial charge in [0, 0.05) is 31.2 Å². The van der Waals surface area contributed by atoms with Gasteiger partial charge in [-0.05, 0) is 41.8 Å². The molecular weight excluding hydrogens is 324 g/mol. The predicted molar refractivity (Wildman–Crippen MR) is 97.2 cm³/mol. The maximum atomic E-state index is 12.1. The Labute approximate surface area is 147 Å². The highest BCUT2D eigenvalue weighted by Gasteiger charge is 2.07. The van der Waals surface area contributed by atoms with Crippen molar-refractivity contribution in [3.05, 3.63) is 64.7 Å². The van der Waals surface area contributed by atoms with Gasteiger partial charge in [0.15, 0.2) is 0 Å². The third-order valence-corrected chi connectivity index (χ3v) is 3.87. The number of benzene rings is 2. The molecule has 0 saturated heterocycles. The molecule has 2 aromatic carbocycles. The van der Waals surface area contributed by atoms with Crippen molar-refractivity contribution in [3.63, 3.8) is 0 Å². The Morgan fingerprint density at radius 2 is 1.75 bits per heavy atom. The third-order valence-electron chi connectivity index (χ3n) is 3.62. The average Bonchev–Trinajstić information content (AvgIpc) is 2.55. The van der Waals surface area contributed by atoms with Crippen LogP contribution in [0.2, 0.25) is 5.02 Å². The summed E-state index contributed by atoms with van der Waals surface area (Å²) in [6.07, 6.45) is 1.40. The first kappa shape index (κ1) is 18.0. The lowest BCUT2D eigenvalue weighted by Gasteiger charge is -2.11. The van der Waals surface area contributed by atoms with Gasteiger partial charge in [0.2, 0.25) is 11.8 Å². The minimum atomic E-state index is -0.0844. The number of anilines is 1. The van der Waals surface area contributed by atoms with E-state index in [-0.39, 0.29) is 11.8 Å². The van der Waals surface area contributed by atoms with Crippen molar-refractivity contribution in [2.75, 3.05) is 19.4 Å². The van der Waals surface area contributed by atoms with Crippen molar-refractivity contribution in [2.45, 2.75) is 19.3 Å². The zero-order valence-corrected chi connectivity index (χ0v) is 14.6. The van der Waals surface area contributed by atoms with Gasteiger partial charge in [-0.15, -0.1) is 0 Å². The van der Waals surface area contributed by atoms with Crippen molar-refractivity contribution in [1.82, 2.24) is 4.90 Å². The maximum Gasteiger partial charge on any atom is 0.228 e. The summed E-state index contributed by atoms with van der Waals surface area (Å²) in [5, 5.41) is 3.54. The van der Waals surface area contributed by atoms with Crippen LogP contribution in [0.1, 0.15) is 17.5 Å². The minimum absolute atomic E-state index is 0.0844. The molecule has 2 amide bonds. The fourth-order valence-electron chi connectivity index (χ4n) is 2.27. The number of nitrogens with zero attached hydrogens (tertiary/aromatic N) is 1. The second-order valence-electron chi connectivity index (χ2n) is 5.84. The molecule has 0 fully saturated rings. The van der Waals surface area contributed by atoms with Crippen LogP contribution in [0.3, 0.4) is 0 Å². The first-order valence-electron chi connectivity index (χ1n) is 7.77. The van der Waals surface area contributed by atoms with E-state index in [1.165, 1.54) is 0 Å². The second kappa shape index (κ2) is 8.50. The van der Waals surface area contributed by atoms with E-state index in [0.717, 1.165) is 16.8 Å². The summed E-state index contributed by atoms with van der Waals surface area (Å²) in [5.74, 6) is 0.00557. The zero-order chi connectivity index (χ0) is 17.5. The van der Waals surface area contributed by atoms with Crippen LogP contribution in [0.25, 0.3) is 0 Å². The minimum Gasteiger partial charge on any atom is -0.349 e. The van der Waals surface area contributed by atoms with Gasteiger partial charge in [-0.2, -0.15) is 0 Å². The van der Waals surface area contributed by atoms with Crippen molar-refractivity contribution in [2.24, 2.45) is 0 Å². The second-order valence-corrected chi connectivity index (χ2v) is 6.28. The number of hydrogen-bond acceptors (Lipinski definition) is 2. The maximum absolute atomic E-state index is 12.1. The Hall–Kier alpha value is -2.33. The highest BCUT2D eigenvalue weighted by molar-refractivity contribution is 6.30. The number of hydrogen-bond donors (Lipinski definition) is 1. The molecule has 5 heteroatoms. The van der Waals surface area contributed by atoms with Crippen LogP contribution in [0.4, 0.5) is 5.69 Å². The SMILES string of the molecule is CN(C)C(=O)CCc1cccc(NC(=O)Cc2ccc(Cl)cc2)c1. The molecule has 2 rings (SSSR count). The van der Waals surface area contributed by atoms with Crippen LogP contribution in [0, 0.1) is 0 Å². The smallest absolute Gasteiger partial charge is 0.228 e. The molecule has 126 valence electrons. The number of carbonyl (C=O) groups excluding carboxylic acids is 2. The first-order valence-corrected chi connectivity index (χ1v) is 8.15. The van der Waals surface area contributed by atoms with Gasteiger partial charge in [0.25, 0.3) is 0 Å². The fourth-order valence-corrected chi connectivity index (χ4v) is 2.40. The lowest BCUT2D eigenvalue weighted by atomic mass is 10.1. The molecule has 0 aliphatic carbocycles. The molecule has 0 unspecified atom stereocenters. The van der Waals surface area contributed by atoms with E-state index in [1.54, 1.807) is 31.1 Å². The summed E-state index contributed by atoms with van der Waals surface area (Å²) in [6, 6.07) is 14.8. The summed E-state index contributed by atoms with van der Waals surface area (Å²) in [7, 11) is 3.49. The Morgan fingerprint density at radius 1 is 1.04 bits per heavy atom. The first-order chi connectivity index (χ1) is 11.4. The van der Waals surface area contributed by atoms with E-state index in [0.29, 0.717) is 24.3 Å². The molecular formula is C19H21ClN2O2. The zero-order valence-electron chi connectivity index (χ0n) is 13.9.